The molecule has 0 bridgehead atoms. The monoisotopic (exact) mass is 283 g/mol. The zero-order valence-corrected chi connectivity index (χ0v) is 13.8. The first kappa shape index (κ1) is 16.0. The van der Waals surface area contributed by atoms with Gasteiger partial charge in [-0.2, -0.15) is 0 Å². The van der Waals surface area contributed by atoms with Gasteiger partial charge in [-0.25, -0.2) is 0 Å². The number of hydrogen-bond acceptors (Lipinski definition) is 1. The van der Waals surface area contributed by atoms with Crippen LogP contribution in [-0.2, 0) is 6.42 Å². The second-order valence-electron chi connectivity index (χ2n) is 6.98. The van der Waals surface area contributed by atoms with Crippen molar-refractivity contribution in [3.63, 3.8) is 0 Å². The Bertz CT molecular complexity index is 546. The molecule has 1 N–H and O–H groups in total. The smallest absolute Gasteiger partial charge is 0.00965 e. The molecule has 1 heteroatoms. The van der Waals surface area contributed by atoms with E-state index in [0.29, 0.717) is 0 Å². The van der Waals surface area contributed by atoms with Gasteiger partial charge in [-0.1, -0.05) is 55.3 Å². The number of unbranched alkanes of at least 4 members (excludes halogenated alkanes) is 3. The molecule has 0 aliphatic heterocycles. The fraction of sp³-hybridized carbons (Fsp3) is 0.500. The molecule has 0 fully saturated rings. The molecule has 0 unspecified atom stereocenters. The number of fused-ring (bicyclic) bond motifs is 1. The average Bonchev–Trinajstić information content (AvgIpc) is 2.45. The van der Waals surface area contributed by atoms with Gasteiger partial charge in [0.05, 0.1) is 0 Å². The molecule has 0 aromatic heterocycles. The minimum Gasteiger partial charge on any atom is -0.312 e. The van der Waals surface area contributed by atoms with Crippen LogP contribution in [0.3, 0.4) is 0 Å². The van der Waals surface area contributed by atoms with Crippen LogP contribution < -0.4 is 5.32 Å². The van der Waals surface area contributed by atoms with E-state index in [1.54, 1.807) is 0 Å². The van der Waals surface area contributed by atoms with Gasteiger partial charge in [0, 0.05) is 5.54 Å². The van der Waals surface area contributed by atoms with E-state index in [-0.39, 0.29) is 5.54 Å². The highest BCUT2D eigenvalue weighted by molar-refractivity contribution is 5.85. The quantitative estimate of drug-likeness (QED) is 0.677. The number of benzene rings is 2. The summed E-state index contributed by atoms with van der Waals surface area (Å²) in [5.74, 6) is 0. The molecule has 0 aliphatic carbocycles. The zero-order chi connectivity index (χ0) is 15.1. The van der Waals surface area contributed by atoms with Crippen molar-refractivity contribution in [2.45, 2.75) is 58.4 Å². The lowest BCUT2D eigenvalue weighted by Gasteiger charge is -2.20. The summed E-state index contributed by atoms with van der Waals surface area (Å²) in [5, 5.41) is 6.35. The summed E-state index contributed by atoms with van der Waals surface area (Å²) in [7, 11) is 0. The van der Waals surface area contributed by atoms with Gasteiger partial charge in [0.25, 0.3) is 0 Å². The number of rotatable bonds is 7. The fourth-order valence-corrected chi connectivity index (χ4v) is 2.77. The summed E-state index contributed by atoms with van der Waals surface area (Å²) in [4.78, 5) is 0. The molecule has 0 atom stereocenters. The Hall–Kier alpha value is -1.34. The first-order chi connectivity index (χ1) is 10.1. The molecule has 0 saturated carbocycles. The van der Waals surface area contributed by atoms with Crippen LogP contribution in [0.15, 0.2) is 42.5 Å². The molecule has 1 nitrogen and oxygen atoms in total. The normalized spacial score (nSPS) is 12.0. The van der Waals surface area contributed by atoms with Crippen LogP contribution >= 0.6 is 0 Å². The maximum Gasteiger partial charge on any atom is 0.00965 e. The molecule has 0 saturated heterocycles. The van der Waals surface area contributed by atoms with E-state index in [1.165, 1.54) is 48.4 Å². The minimum atomic E-state index is 0.253. The molecular formula is C20H29N. The number of hydrogen-bond donors (Lipinski definition) is 1. The van der Waals surface area contributed by atoms with E-state index in [9.17, 15) is 0 Å². The first-order valence-corrected chi connectivity index (χ1v) is 8.28. The van der Waals surface area contributed by atoms with Gasteiger partial charge < -0.3 is 5.32 Å². The zero-order valence-electron chi connectivity index (χ0n) is 13.8. The SMILES string of the molecule is CC(C)(C)NCCCCCCc1cccc2ccccc12. The van der Waals surface area contributed by atoms with Crippen molar-refractivity contribution < 1.29 is 0 Å². The van der Waals surface area contributed by atoms with Crippen LogP contribution in [-0.4, -0.2) is 12.1 Å². The predicted molar refractivity (Wildman–Crippen MR) is 93.9 cm³/mol. The van der Waals surface area contributed by atoms with Gasteiger partial charge in [0.15, 0.2) is 0 Å². The second-order valence-corrected chi connectivity index (χ2v) is 6.98. The van der Waals surface area contributed by atoms with Gasteiger partial charge in [-0.05, 0) is 62.9 Å². The van der Waals surface area contributed by atoms with Crippen molar-refractivity contribution >= 4 is 10.8 Å². The molecule has 0 spiro atoms. The Labute approximate surface area is 129 Å². The molecular weight excluding hydrogens is 254 g/mol. The van der Waals surface area contributed by atoms with Gasteiger partial charge in [-0.15, -0.1) is 0 Å². The topological polar surface area (TPSA) is 12.0 Å². The van der Waals surface area contributed by atoms with E-state index in [4.69, 9.17) is 0 Å². The summed E-state index contributed by atoms with van der Waals surface area (Å²) >= 11 is 0. The summed E-state index contributed by atoms with van der Waals surface area (Å²) in [6.07, 6.45) is 6.44. The van der Waals surface area contributed by atoms with E-state index < -0.39 is 0 Å². The minimum absolute atomic E-state index is 0.253. The highest BCUT2D eigenvalue weighted by Gasteiger charge is 2.06. The number of nitrogens with one attached hydrogen (secondary N) is 1. The maximum absolute atomic E-state index is 3.55. The van der Waals surface area contributed by atoms with Crippen LogP contribution in [0, 0.1) is 0 Å². The van der Waals surface area contributed by atoms with Gasteiger partial charge >= 0.3 is 0 Å². The van der Waals surface area contributed by atoms with Gasteiger partial charge in [0.1, 0.15) is 0 Å². The third-order valence-electron chi connectivity index (χ3n) is 3.91. The van der Waals surface area contributed by atoms with Crippen LogP contribution in [0.5, 0.6) is 0 Å². The van der Waals surface area contributed by atoms with E-state index in [0.717, 1.165) is 6.54 Å². The molecule has 0 amide bonds. The van der Waals surface area contributed by atoms with Gasteiger partial charge in [0.2, 0.25) is 0 Å². The Morgan fingerprint density at radius 2 is 1.52 bits per heavy atom. The standard InChI is InChI=1S/C20H29N/c1-20(2,3)21-16-9-5-4-6-11-17-13-10-14-18-12-7-8-15-19(17)18/h7-8,10,12-15,21H,4-6,9,11,16H2,1-3H3. The highest BCUT2D eigenvalue weighted by atomic mass is 14.9. The van der Waals surface area contributed by atoms with Crippen molar-refractivity contribution in [2.75, 3.05) is 6.54 Å². The summed E-state index contributed by atoms with van der Waals surface area (Å²) in [6.45, 7) is 7.83. The summed E-state index contributed by atoms with van der Waals surface area (Å²) in [5.41, 5.74) is 1.75. The van der Waals surface area contributed by atoms with Crippen molar-refractivity contribution in [1.29, 1.82) is 0 Å². The largest absolute Gasteiger partial charge is 0.312 e. The molecule has 114 valence electrons. The third-order valence-corrected chi connectivity index (χ3v) is 3.91. The molecule has 21 heavy (non-hydrogen) atoms. The van der Waals surface area contributed by atoms with E-state index in [2.05, 4.69) is 68.6 Å². The van der Waals surface area contributed by atoms with Crippen molar-refractivity contribution in [3.8, 4) is 0 Å². The molecule has 0 heterocycles. The highest BCUT2D eigenvalue weighted by Crippen LogP contribution is 2.20. The molecule has 0 radical (unpaired) electrons. The number of aryl methyl sites for hydroxylation is 1. The van der Waals surface area contributed by atoms with Crippen molar-refractivity contribution in [1.82, 2.24) is 5.32 Å². The summed E-state index contributed by atoms with van der Waals surface area (Å²) in [6, 6.07) is 15.4. The molecule has 2 aromatic carbocycles. The second kappa shape index (κ2) is 7.61. The third kappa shape index (κ3) is 5.51. The van der Waals surface area contributed by atoms with Crippen LogP contribution in [0.25, 0.3) is 10.8 Å². The van der Waals surface area contributed by atoms with Gasteiger partial charge in [-0.3, -0.25) is 0 Å². The molecule has 2 aromatic rings. The summed E-state index contributed by atoms with van der Waals surface area (Å²) < 4.78 is 0. The van der Waals surface area contributed by atoms with Crippen molar-refractivity contribution in [2.24, 2.45) is 0 Å². The Balaban J connectivity index is 1.71. The lowest BCUT2D eigenvalue weighted by molar-refractivity contribution is 0.416. The average molecular weight is 283 g/mol. The molecule has 2 rings (SSSR count). The van der Waals surface area contributed by atoms with E-state index >= 15 is 0 Å². The maximum atomic E-state index is 3.55. The Morgan fingerprint density at radius 3 is 2.33 bits per heavy atom. The molecule has 0 aliphatic rings. The fourth-order valence-electron chi connectivity index (χ4n) is 2.77. The lowest BCUT2D eigenvalue weighted by Crippen LogP contribution is -2.36. The van der Waals surface area contributed by atoms with Crippen LogP contribution in [0.4, 0.5) is 0 Å². The van der Waals surface area contributed by atoms with Crippen LogP contribution in [0.1, 0.15) is 52.0 Å². The first-order valence-electron chi connectivity index (χ1n) is 8.28. The van der Waals surface area contributed by atoms with Crippen LogP contribution in [0.2, 0.25) is 0 Å². The van der Waals surface area contributed by atoms with Crippen molar-refractivity contribution in [3.05, 3.63) is 48.0 Å². The predicted octanol–water partition coefficient (Wildman–Crippen LogP) is 5.33. The Kier molecular flexibility index (Phi) is 5.81. The lowest BCUT2D eigenvalue weighted by atomic mass is 9.99. The Morgan fingerprint density at radius 1 is 0.810 bits per heavy atom. The van der Waals surface area contributed by atoms with E-state index in [1.807, 2.05) is 0 Å².